The highest BCUT2D eigenvalue weighted by atomic mass is 16.5. The number of benzene rings is 4. The van der Waals surface area contributed by atoms with Crippen molar-refractivity contribution in [1.29, 1.82) is 0 Å². The Labute approximate surface area is 223 Å². The van der Waals surface area contributed by atoms with Crippen LogP contribution in [0.1, 0.15) is 74.9 Å². The Morgan fingerprint density at radius 1 is 0.378 bits per heavy atom. The summed E-state index contributed by atoms with van der Waals surface area (Å²) >= 11 is 0. The summed E-state index contributed by atoms with van der Waals surface area (Å²) in [7, 11) is 0. The molecule has 0 aromatic heterocycles. The van der Waals surface area contributed by atoms with Gasteiger partial charge in [-0.2, -0.15) is 0 Å². The fourth-order valence-corrected chi connectivity index (χ4v) is 4.00. The standard InChI is InChI=1S/C36H38O/c1-35(2,3)31-19-11-27(12-20-31)7-9-29-15-23-33(24-16-29)37-34-25-17-30(18-26-34)10-8-28-13-21-32(22-14-28)36(4,5)6/h7-26H,1-6H3/b9-7+,10-8+. The van der Waals surface area contributed by atoms with E-state index < -0.39 is 0 Å². The molecule has 0 bridgehead atoms. The lowest BCUT2D eigenvalue weighted by atomic mass is 9.87. The first-order valence-corrected chi connectivity index (χ1v) is 13.0. The maximum absolute atomic E-state index is 6.06. The van der Waals surface area contributed by atoms with E-state index in [0.29, 0.717) is 0 Å². The average Bonchev–Trinajstić information content (AvgIpc) is 2.87. The summed E-state index contributed by atoms with van der Waals surface area (Å²) in [5.41, 5.74) is 7.73. The van der Waals surface area contributed by atoms with Crippen molar-refractivity contribution in [2.24, 2.45) is 0 Å². The molecule has 1 heteroatoms. The molecule has 188 valence electrons. The smallest absolute Gasteiger partial charge is 0.127 e. The fourth-order valence-electron chi connectivity index (χ4n) is 4.00. The van der Waals surface area contributed by atoms with Gasteiger partial charge < -0.3 is 4.74 Å². The normalized spacial score (nSPS) is 12.4. The lowest BCUT2D eigenvalue weighted by Crippen LogP contribution is -2.10. The van der Waals surface area contributed by atoms with E-state index in [1.54, 1.807) is 0 Å². The summed E-state index contributed by atoms with van der Waals surface area (Å²) < 4.78 is 6.06. The SMILES string of the molecule is CC(C)(C)c1ccc(/C=C/c2ccc(Oc3ccc(/C=C/c4ccc(C(C)(C)C)cc4)cc3)cc2)cc1. The van der Waals surface area contributed by atoms with E-state index in [9.17, 15) is 0 Å². The van der Waals surface area contributed by atoms with Crippen LogP contribution >= 0.6 is 0 Å². The van der Waals surface area contributed by atoms with Crippen molar-refractivity contribution in [3.8, 4) is 11.5 Å². The molecular weight excluding hydrogens is 448 g/mol. The minimum atomic E-state index is 0.175. The van der Waals surface area contributed by atoms with Crippen LogP contribution in [-0.4, -0.2) is 0 Å². The van der Waals surface area contributed by atoms with E-state index >= 15 is 0 Å². The molecule has 0 saturated carbocycles. The molecule has 0 heterocycles. The second-order valence-electron chi connectivity index (χ2n) is 11.7. The molecule has 4 aromatic carbocycles. The molecule has 0 atom stereocenters. The molecule has 37 heavy (non-hydrogen) atoms. The number of hydrogen-bond acceptors (Lipinski definition) is 1. The molecule has 0 N–H and O–H groups in total. The van der Waals surface area contributed by atoms with Crippen molar-refractivity contribution in [2.45, 2.75) is 52.4 Å². The van der Waals surface area contributed by atoms with Crippen LogP contribution in [0.25, 0.3) is 24.3 Å². The summed E-state index contributed by atoms with van der Waals surface area (Å²) in [4.78, 5) is 0. The van der Waals surface area contributed by atoms with Crippen molar-refractivity contribution >= 4 is 24.3 Å². The predicted octanol–water partition coefficient (Wildman–Crippen LogP) is 10.4. The van der Waals surface area contributed by atoms with Gasteiger partial charge in [0.1, 0.15) is 11.5 Å². The van der Waals surface area contributed by atoms with E-state index in [0.717, 1.165) is 22.6 Å². The fraction of sp³-hybridized carbons (Fsp3) is 0.222. The molecule has 0 fully saturated rings. The molecule has 0 saturated heterocycles. The van der Waals surface area contributed by atoms with Crippen LogP contribution in [0, 0.1) is 0 Å². The van der Waals surface area contributed by atoms with Crippen LogP contribution in [0.15, 0.2) is 97.1 Å². The van der Waals surface area contributed by atoms with Gasteiger partial charge >= 0.3 is 0 Å². The van der Waals surface area contributed by atoms with Crippen LogP contribution in [0.3, 0.4) is 0 Å². The third-order valence-corrected chi connectivity index (χ3v) is 6.49. The minimum absolute atomic E-state index is 0.175. The van der Waals surface area contributed by atoms with Crippen LogP contribution in [0.5, 0.6) is 11.5 Å². The third kappa shape index (κ3) is 7.57. The summed E-state index contributed by atoms with van der Waals surface area (Å²) in [5, 5.41) is 0. The summed E-state index contributed by atoms with van der Waals surface area (Å²) in [6.45, 7) is 13.4. The zero-order chi connectivity index (χ0) is 26.5. The first-order valence-electron chi connectivity index (χ1n) is 13.0. The summed E-state index contributed by atoms with van der Waals surface area (Å²) in [6.07, 6.45) is 8.56. The highest BCUT2D eigenvalue weighted by Crippen LogP contribution is 2.26. The number of rotatable bonds is 6. The van der Waals surface area contributed by atoms with Crippen molar-refractivity contribution in [2.75, 3.05) is 0 Å². The number of ether oxygens (including phenoxy) is 1. The molecule has 0 spiro atoms. The van der Waals surface area contributed by atoms with Gasteiger partial charge in [-0.1, -0.05) is 139 Å². The molecule has 0 aliphatic rings. The lowest BCUT2D eigenvalue weighted by molar-refractivity contribution is 0.482. The molecule has 0 aliphatic heterocycles. The Balaban J connectivity index is 1.33. The topological polar surface area (TPSA) is 9.23 Å². The summed E-state index contributed by atoms with van der Waals surface area (Å²) in [6, 6.07) is 33.9. The van der Waals surface area contributed by atoms with Gasteiger partial charge in [0.05, 0.1) is 0 Å². The van der Waals surface area contributed by atoms with E-state index in [-0.39, 0.29) is 10.8 Å². The second-order valence-corrected chi connectivity index (χ2v) is 11.7. The molecule has 4 rings (SSSR count). The van der Waals surface area contributed by atoms with Gasteiger partial charge in [-0.25, -0.2) is 0 Å². The maximum Gasteiger partial charge on any atom is 0.127 e. The Morgan fingerprint density at radius 3 is 0.865 bits per heavy atom. The lowest BCUT2D eigenvalue weighted by Gasteiger charge is -2.18. The maximum atomic E-state index is 6.06. The van der Waals surface area contributed by atoms with Crippen molar-refractivity contribution in [3.05, 3.63) is 130 Å². The first kappa shape index (κ1) is 26.2. The molecular formula is C36H38O. The molecule has 0 aliphatic carbocycles. The Kier molecular flexibility index (Phi) is 7.83. The minimum Gasteiger partial charge on any atom is -0.457 e. The second kappa shape index (κ2) is 11.0. The Hall–Kier alpha value is -3.84. The Bertz CT molecular complexity index is 1230. The molecule has 0 amide bonds. The van der Waals surface area contributed by atoms with Gasteiger partial charge in [0, 0.05) is 0 Å². The summed E-state index contributed by atoms with van der Waals surface area (Å²) in [5.74, 6) is 1.66. The van der Waals surface area contributed by atoms with Crippen LogP contribution < -0.4 is 4.74 Å². The van der Waals surface area contributed by atoms with Gasteiger partial charge in [0.15, 0.2) is 0 Å². The first-order chi connectivity index (χ1) is 17.6. The number of hydrogen-bond donors (Lipinski definition) is 0. The van der Waals surface area contributed by atoms with Crippen LogP contribution in [0.4, 0.5) is 0 Å². The monoisotopic (exact) mass is 486 g/mol. The van der Waals surface area contributed by atoms with Crippen LogP contribution in [-0.2, 0) is 10.8 Å². The van der Waals surface area contributed by atoms with Gasteiger partial charge in [-0.05, 0) is 68.5 Å². The van der Waals surface area contributed by atoms with E-state index in [4.69, 9.17) is 4.74 Å². The van der Waals surface area contributed by atoms with Crippen LogP contribution in [0.2, 0.25) is 0 Å². The average molecular weight is 487 g/mol. The molecule has 0 unspecified atom stereocenters. The van der Waals surface area contributed by atoms with Gasteiger partial charge in [0.2, 0.25) is 0 Å². The van der Waals surface area contributed by atoms with Crippen molar-refractivity contribution in [3.63, 3.8) is 0 Å². The Morgan fingerprint density at radius 2 is 0.622 bits per heavy atom. The van der Waals surface area contributed by atoms with Gasteiger partial charge in [0.25, 0.3) is 0 Å². The van der Waals surface area contributed by atoms with Crippen molar-refractivity contribution in [1.82, 2.24) is 0 Å². The highest BCUT2D eigenvalue weighted by Gasteiger charge is 2.13. The predicted molar refractivity (Wildman–Crippen MR) is 161 cm³/mol. The molecule has 0 radical (unpaired) electrons. The van der Waals surface area contributed by atoms with Crippen molar-refractivity contribution < 1.29 is 4.74 Å². The largest absolute Gasteiger partial charge is 0.457 e. The highest BCUT2D eigenvalue weighted by molar-refractivity contribution is 5.71. The van der Waals surface area contributed by atoms with E-state index in [1.165, 1.54) is 22.3 Å². The zero-order valence-electron chi connectivity index (χ0n) is 23.0. The zero-order valence-corrected chi connectivity index (χ0v) is 23.0. The van der Waals surface area contributed by atoms with Gasteiger partial charge in [-0.3, -0.25) is 0 Å². The molecule has 1 nitrogen and oxygen atoms in total. The van der Waals surface area contributed by atoms with E-state index in [1.807, 2.05) is 24.3 Å². The third-order valence-electron chi connectivity index (χ3n) is 6.49. The van der Waals surface area contributed by atoms with Gasteiger partial charge in [-0.15, -0.1) is 0 Å². The van der Waals surface area contributed by atoms with E-state index in [2.05, 4.69) is 139 Å². The quantitative estimate of drug-likeness (QED) is 0.246. The molecule has 4 aromatic rings.